The predicted molar refractivity (Wildman–Crippen MR) is 112 cm³/mol. The van der Waals surface area contributed by atoms with Gasteiger partial charge in [0.15, 0.2) is 0 Å². The van der Waals surface area contributed by atoms with E-state index in [-0.39, 0.29) is 30.2 Å². The molecule has 8 nitrogen and oxygen atoms in total. The second kappa shape index (κ2) is 8.36. The average molecular weight is 419 g/mol. The van der Waals surface area contributed by atoms with Crippen molar-refractivity contribution in [1.82, 2.24) is 10.2 Å². The quantitative estimate of drug-likeness (QED) is 0.742. The minimum atomic E-state index is -0.471. The Hall–Kier alpha value is -2.68. The Labute approximate surface area is 174 Å². The minimum absolute atomic E-state index is 0.0916. The molecular weight excluding hydrogens is 392 g/mol. The third-order valence-electron chi connectivity index (χ3n) is 5.29. The highest BCUT2D eigenvalue weighted by molar-refractivity contribution is 7.15. The molecule has 1 aliphatic heterocycles. The number of rotatable bonds is 7. The van der Waals surface area contributed by atoms with Crippen molar-refractivity contribution in [2.45, 2.75) is 39.0 Å². The molecular formula is C20H26N4O4S. The maximum Gasteiger partial charge on any atom is 0.231 e. The molecule has 156 valence electrons. The Morgan fingerprint density at radius 1 is 1.31 bits per heavy atom. The van der Waals surface area contributed by atoms with E-state index in [0.29, 0.717) is 22.3 Å². The van der Waals surface area contributed by atoms with Crippen LogP contribution in [0.25, 0.3) is 0 Å². The van der Waals surface area contributed by atoms with E-state index in [1.807, 2.05) is 0 Å². The summed E-state index contributed by atoms with van der Waals surface area (Å²) in [6.45, 7) is 6.55. The topological polar surface area (TPSA) is 93.7 Å². The summed E-state index contributed by atoms with van der Waals surface area (Å²) in [6, 6.07) is 5.24. The summed E-state index contributed by atoms with van der Waals surface area (Å²) >= 11 is 1.37. The predicted octanol–water partition coefficient (Wildman–Crippen LogP) is 3.23. The lowest BCUT2D eigenvalue weighted by atomic mass is 9.91. The number of anilines is 2. The van der Waals surface area contributed by atoms with Gasteiger partial charge < -0.3 is 19.7 Å². The maximum atomic E-state index is 12.7. The van der Waals surface area contributed by atoms with Gasteiger partial charge in [0.25, 0.3) is 0 Å². The van der Waals surface area contributed by atoms with Gasteiger partial charge in [0, 0.05) is 24.4 Å². The number of hydrogen-bond acceptors (Lipinski definition) is 7. The number of nitrogens with zero attached hydrogens (tertiary/aromatic N) is 3. The van der Waals surface area contributed by atoms with E-state index in [9.17, 15) is 9.59 Å². The summed E-state index contributed by atoms with van der Waals surface area (Å²) < 4.78 is 10.6. The molecule has 0 radical (unpaired) electrons. The number of methoxy groups -OCH3 is 2. The molecule has 2 aromatic rings. The van der Waals surface area contributed by atoms with E-state index >= 15 is 0 Å². The van der Waals surface area contributed by atoms with E-state index in [0.717, 1.165) is 11.4 Å². The molecule has 29 heavy (non-hydrogen) atoms. The van der Waals surface area contributed by atoms with Gasteiger partial charge in [-0.2, -0.15) is 0 Å². The van der Waals surface area contributed by atoms with Crippen LogP contribution in [-0.4, -0.2) is 42.8 Å². The lowest BCUT2D eigenvalue weighted by Crippen LogP contribution is -2.28. The Morgan fingerprint density at radius 2 is 2.07 bits per heavy atom. The highest BCUT2D eigenvalue weighted by Crippen LogP contribution is 2.36. The molecule has 1 atom stereocenters. The lowest BCUT2D eigenvalue weighted by Gasteiger charge is -2.20. The molecule has 0 saturated carbocycles. The van der Waals surface area contributed by atoms with Gasteiger partial charge in [0.2, 0.25) is 16.9 Å². The SMILES string of the molecule is CCC(C)(C)c1nnc(NC(=O)[C@@H]2CC(=O)N(c3ccc(OC)cc3OC)C2)s1. The van der Waals surface area contributed by atoms with E-state index in [1.54, 1.807) is 30.2 Å². The number of hydrogen-bond donors (Lipinski definition) is 1. The van der Waals surface area contributed by atoms with Gasteiger partial charge in [-0.15, -0.1) is 10.2 Å². The molecule has 1 saturated heterocycles. The maximum absolute atomic E-state index is 12.7. The van der Waals surface area contributed by atoms with E-state index in [4.69, 9.17) is 9.47 Å². The Kier molecular flexibility index (Phi) is 6.07. The summed E-state index contributed by atoms with van der Waals surface area (Å²) in [6.07, 6.45) is 1.05. The summed E-state index contributed by atoms with van der Waals surface area (Å²) in [5.74, 6) is 0.327. The lowest BCUT2D eigenvalue weighted by molar-refractivity contribution is -0.122. The molecule has 1 aromatic heterocycles. The molecule has 0 unspecified atom stereocenters. The fourth-order valence-electron chi connectivity index (χ4n) is 3.03. The molecule has 3 rings (SSSR count). The van der Waals surface area contributed by atoms with Gasteiger partial charge >= 0.3 is 0 Å². The molecule has 0 spiro atoms. The van der Waals surface area contributed by atoms with Gasteiger partial charge in [0.05, 0.1) is 25.8 Å². The zero-order chi connectivity index (χ0) is 21.2. The van der Waals surface area contributed by atoms with Crippen LogP contribution >= 0.6 is 11.3 Å². The van der Waals surface area contributed by atoms with E-state index in [1.165, 1.54) is 18.4 Å². The fraction of sp³-hybridized carbons (Fsp3) is 0.500. The van der Waals surface area contributed by atoms with Crippen molar-refractivity contribution >= 4 is 34.0 Å². The van der Waals surface area contributed by atoms with Crippen molar-refractivity contribution in [2.24, 2.45) is 5.92 Å². The number of ether oxygens (including phenoxy) is 2. The van der Waals surface area contributed by atoms with Crippen molar-refractivity contribution in [3.8, 4) is 11.5 Å². The standard InChI is InChI=1S/C20H26N4O4S/c1-6-20(2,3)18-22-23-19(29-18)21-17(26)12-9-16(25)24(11-12)14-8-7-13(27-4)10-15(14)28-5/h7-8,10,12H,6,9,11H2,1-5H3,(H,21,23,26)/t12-/m1/s1. The monoisotopic (exact) mass is 418 g/mol. The van der Waals surface area contributed by atoms with Crippen LogP contribution in [0.3, 0.4) is 0 Å². The molecule has 0 aliphatic carbocycles. The smallest absolute Gasteiger partial charge is 0.231 e. The largest absolute Gasteiger partial charge is 0.497 e. The summed E-state index contributed by atoms with van der Waals surface area (Å²) in [5.41, 5.74) is 0.530. The molecule has 1 N–H and O–H groups in total. The summed E-state index contributed by atoms with van der Waals surface area (Å²) in [4.78, 5) is 26.9. The first-order valence-electron chi connectivity index (χ1n) is 9.46. The van der Waals surface area contributed by atoms with Crippen LogP contribution in [0.1, 0.15) is 38.6 Å². The van der Waals surface area contributed by atoms with E-state index in [2.05, 4.69) is 36.3 Å². The highest BCUT2D eigenvalue weighted by atomic mass is 32.1. The van der Waals surface area contributed by atoms with Gasteiger partial charge in [-0.05, 0) is 18.6 Å². The van der Waals surface area contributed by atoms with Crippen LogP contribution < -0.4 is 19.7 Å². The van der Waals surface area contributed by atoms with Crippen LogP contribution in [0, 0.1) is 5.92 Å². The molecule has 2 amide bonds. The number of nitrogens with one attached hydrogen (secondary N) is 1. The first-order valence-corrected chi connectivity index (χ1v) is 10.3. The van der Waals surface area contributed by atoms with Crippen molar-refractivity contribution in [2.75, 3.05) is 31.0 Å². The number of amides is 2. The number of carbonyl (C=O) groups excluding carboxylic acids is 2. The number of benzene rings is 1. The third kappa shape index (κ3) is 4.34. The third-order valence-corrected chi connectivity index (χ3v) is 6.50. The normalized spacial score (nSPS) is 16.8. The van der Waals surface area contributed by atoms with E-state index < -0.39 is 5.92 Å². The molecule has 1 aromatic carbocycles. The fourth-order valence-corrected chi connectivity index (χ4v) is 3.95. The average Bonchev–Trinajstić information content (AvgIpc) is 3.34. The van der Waals surface area contributed by atoms with Crippen molar-refractivity contribution in [3.63, 3.8) is 0 Å². The number of carbonyl (C=O) groups is 2. The first kappa shape index (κ1) is 21.0. The molecule has 9 heteroatoms. The zero-order valence-electron chi connectivity index (χ0n) is 17.3. The van der Waals surface area contributed by atoms with Gasteiger partial charge in [0.1, 0.15) is 16.5 Å². The van der Waals surface area contributed by atoms with Crippen LogP contribution in [0.15, 0.2) is 18.2 Å². The summed E-state index contributed by atoms with van der Waals surface area (Å²) in [7, 11) is 3.10. The van der Waals surface area contributed by atoms with Gasteiger partial charge in [-0.3, -0.25) is 9.59 Å². The Morgan fingerprint density at radius 3 is 2.72 bits per heavy atom. The number of aromatic nitrogens is 2. The molecule has 2 heterocycles. The van der Waals surface area contributed by atoms with Crippen LogP contribution in [0.2, 0.25) is 0 Å². The minimum Gasteiger partial charge on any atom is -0.497 e. The zero-order valence-corrected chi connectivity index (χ0v) is 18.1. The van der Waals surface area contributed by atoms with Crippen LogP contribution in [0.5, 0.6) is 11.5 Å². The Balaban J connectivity index is 1.71. The van der Waals surface area contributed by atoms with Crippen molar-refractivity contribution < 1.29 is 19.1 Å². The molecule has 0 bridgehead atoms. The van der Waals surface area contributed by atoms with Crippen molar-refractivity contribution in [3.05, 3.63) is 23.2 Å². The van der Waals surface area contributed by atoms with Gasteiger partial charge in [-0.25, -0.2) is 0 Å². The van der Waals surface area contributed by atoms with Crippen LogP contribution in [0.4, 0.5) is 10.8 Å². The van der Waals surface area contributed by atoms with Gasteiger partial charge in [-0.1, -0.05) is 32.1 Å². The second-order valence-corrected chi connectivity index (χ2v) is 8.56. The first-order chi connectivity index (χ1) is 13.8. The summed E-state index contributed by atoms with van der Waals surface area (Å²) in [5, 5.41) is 12.4. The van der Waals surface area contributed by atoms with Crippen molar-refractivity contribution in [1.29, 1.82) is 0 Å². The second-order valence-electron chi connectivity index (χ2n) is 7.58. The van der Waals surface area contributed by atoms with Crippen LogP contribution in [-0.2, 0) is 15.0 Å². The molecule has 1 fully saturated rings. The Bertz CT molecular complexity index is 912. The molecule has 1 aliphatic rings. The highest BCUT2D eigenvalue weighted by Gasteiger charge is 2.37.